The molecule has 6 heteroatoms. The minimum atomic E-state index is -4.35. The third kappa shape index (κ3) is 3.36. The van der Waals surface area contributed by atoms with Gasteiger partial charge in [-0.2, -0.15) is 13.2 Å². The van der Waals surface area contributed by atoms with Crippen LogP contribution in [-0.2, 0) is 6.18 Å². The first-order valence-corrected chi connectivity index (χ1v) is 5.32. The average molecular weight is 266 g/mol. The van der Waals surface area contributed by atoms with Gasteiger partial charge < -0.3 is 5.21 Å². The lowest BCUT2D eigenvalue weighted by Crippen LogP contribution is -2.08. The van der Waals surface area contributed by atoms with Crippen LogP contribution in [0.3, 0.4) is 0 Å². The Hall–Kier alpha value is -1.23. The molecule has 1 N–H and O–H groups in total. The highest BCUT2D eigenvalue weighted by Gasteiger charge is 2.30. The predicted octanol–water partition coefficient (Wildman–Crippen LogP) is 4.23. The molecule has 1 atom stereocenters. The largest absolute Gasteiger partial charge is 0.416 e. The van der Waals surface area contributed by atoms with E-state index in [2.05, 4.69) is 5.16 Å². The third-order valence-electron chi connectivity index (χ3n) is 2.43. The third-order valence-corrected chi connectivity index (χ3v) is 2.77. The summed E-state index contributed by atoms with van der Waals surface area (Å²) in [7, 11) is 0. The smallest absolute Gasteiger partial charge is 0.410 e. The fourth-order valence-corrected chi connectivity index (χ4v) is 1.80. The highest BCUT2D eigenvalue weighted by molar-refractivity contribution is 6.66. The van der Waals surface area contributed by atoms with E-state index in [4.69, 9.17) is 16.8 Å². The molecule has 0 spiro atoms. The second kappa shape index (κ2) is 5.40. The topological polar surface area (TPSA) is 32.6 Å². The van der Waals surface area contributed by atoms with Crippen molar-refractivity contribution in [3.8, 4) is 0 Å². The summed E-state index contributed by atoms with van der Waals surface area (Å²) >= 11 is 5.67. The summed E-state index contributed by atoms with van der Waals surface area (Å²) in [6, 6.07) is 4.65. The van der Waals surface area contributed by atoms with Crippen molar-refractivity contribution in [1.29, 1.82) is 0 Å². The van der Waals surface area contributed by atoms with Crippen molar-refractivity contribution in [3.63, 3.8) is 0 Å². The zero-order chi connectivity index (χ0) is 13.1. The lowest BCUT2D eigenvalue weighted by Gasteiger charge is -2.13. The van der Waals surface area contributed by atoms with Crippen LogP contribution in [0.15, 0.2) is 29.4 Å². The lowest BCUT2D eigenvalue weighted by molar-refractivity contribution is -0.137. The van der Waals surface area contributed by atoms with Crippen molar-refractivity contribution < 1.29 is 18.4 Å². The molecule has 2 nitrogen and oxygen atoms in total. The van der Waals surface area contributed by atoms with Gasteiger partial charge in [-0.05, 0) is 24.1 Å². The second-order valence-corrected chi connectivity index (χ2v) is 3.89. The molecule has 1 unspecified atom stereocenters. The van der Waals surface area contributed by atoms with Crippen molar-refractivity contribution in [3.05, 3.63) is 35.4 Å². The van der Waals surface area contributed by atoms with Gasteiger partial charge in [0, 0.05) is 5.92 Å². The first-order chi connectivity index (χ1) is 7.90. The SMILES string of the molecule is CCC(/C(Cl)=N/O)c1ccc(C(F)(F)F)cc1. The van der Waals surface area contributed by atoms with Gasteiger partial charge in [0.1, 0.15) is 0 Å². The van der Waals surface area contributed by atoms with E-state index in [1.165, 1.54) is 12.1 Å². The number of oxime groups is 1. The first kappa shape index (κ1) is 13.8. The minimum Gasteiger partial charge on any atom is -0.410 e. The van der Waals surface area contributed by atoms with Crippen LogP contribution < -0.4 is 0 Å². The molecule has 0 aliphatic rings. The number of rotatable bonds is 3. The fourth-order valence-electron chi connectivity index (χ4n) is 1.52. The highest BCUT2D eigenvalue weighted by atomic mass is 35.5. The molecular formula is C11H11ClF3NO. The molecule has 94 valence electrons. The van der Waals surface area contributed by atoms with Gasteiger partial charge in [-0.3, -0.25) is 0 Å². The van der Waals surface area contributed by atoms with Crippen molar-refractivity contribution in [2.45, 2.75) is 25.4 Å². The first-order valence-electron chi connectivity index (χ1n) is 4.94. The van der Waals surface area contributed by atoms with Gasteiger partial charge in [-0.1, -0.05) is 35.8 Å². The number of halogens is 4. The zero-order valence-corrected chi connectivity index (χ0v) is 9.76. The van der Waals surface area contributed by atoms with E-state index in [9.17, 15) is 13.2 Å². The van der Waals surface area contributed by atoms with Gasteiger partial charge in [0.25, 0.3) is 0 Å². The molecule has 1 aromatic carbocycles. The Morgan fingerprint density at radius 3 is 2.24 bits per heavy atom. The molecule has 1 rings (SSSR count). The summed E-state index contributed by atoms with van der Waals surface area (Å²) in [5.74, 6) is -0.385. The van der Waals surface area contributed by atoms with E-state index < -0.39 is 11.7 Å². The maximum atomic E-state index is 12.3. The maximum Gasteiger partial charge on any atom is 0.416 e. The molecule has 0 aliphatic heterocycles. The summed E-state index contributed by atoms with van der Waals surface area (Å²) in [6.45, 7) is 1.80. The van der Waals surface area contributed by atoms with Crippen LogP contribution in [0.2, 0.25) is 0 Å². The van der Waals surface area contributed by atoms with Gasteiger partial charge in [-0.15, -0.1) is 0 Å². The van der Waals surface area contributed by atoms with E-state index >= 15 is 0 Å². The molecule has 0 radical (unpaired) electrons. The standard InChI is InChI=1S/C11H11ClF3NO/c1-2-9(10(12)16-17)7-3-5-8(6-4-7)11(13,14)15/h3-6,9,17H,2H2,1H3/b16-10-. The Bertz CT molecular complexity index is 400. The molecule has 0 fully saturated rings. The minimum absolute atomic E-state index is 0.0349. The van der Waals surface area contributed by atoms with Crippen LogP contribution in [0, 0.1) is 0 Å². The predicted molar refractivity (Wildman–Crippen MR) is 59.6 cm³/mol. The molecule has 0 amide bonds. The molecule has 1 aromatic rings. The Kier molecular flexibility index (Phi) is 4.40. The quantitative estimate of drug-likeness (QED) is 0.495. The van der Waals surface area contributed by atoms with Gasteiger partial charge in [0.15, 0.2) is 5.17 Å². The molecule has 0 aromatic heterocycles. The Morgan fingerprint density at radius 1 is 1.35 bits per heavy atom. The van der Waals surface area contributed by atoms with Crippen molar-refractivity contribution in [1.82, 2.24) is 0 Å². The van der Waals surface area contributed by atoms with E-state index in [1.54, 1.807) is 6.92 Å². The van der Waals surface area contributed by atoms with E-state index in [0.717, 1.165) is 12.1 Å². The molecule has 0 aliphatic carbocycles. The van der Waals surface area contributed by atoms with E-state index in [0.29, 0.717) is 12.0 Å². The Morgan fingerprint density at radius 2 is 1.88 bits per heavy atom. The molecule has 0 heterocycles. The molecule has 0 bridgehead atoms. The summed E-state index contributed by atoms with van der Waals surface area (Å²) in [5.41, 5.74) is -0.128. The van der Waals surface area contributed by atoms with Crippen molar-refractivity contribution >= 4 is 16.8 Å². The number of hydrogen-bond acceptors (Lipinski definition) is 2. The van der Waals surface area contributed by atoms with Gasteiger partial charge in [0.05, 0.1) is 5.56 Å². The summed E-state index contributed by atoms with van der Waals surface area (Å²) < 4.78 is 37.0. The number of benzene rings is 1. The summed E-state index contributed by atoms with van der Waals surface area (Å²) in [5, 5.41) is 11.4. The summed E-state index contributed by atoms with van der Waals surface area (Å²) in [4.78, 5) is 0. The number of nitrogens with zero attached hydrogens (tertiary/aromatic N) is 1. The Balaban J connectivity index is 3.01. The fraction of sp³-hybridized carbons (Fsp3) is 0.364. The summed E-state index contributed by atoms with van der Waals surface area (Å²) in [6.07, 6.45) is -3.82. The van der Waals surface area contributed by atoms with E-state index in [1.807, 2.05) is 0 Å². The molecule has 17 heavy (non-hydrogen) atoms. The monoisotopic (exact) mass is 265 g/mol. The highest BCUT2D eigenvalue weighted by Crippen LogP contribution is 2.31. The molecule has 0 saturated carbocycles. The molecular weight excluding hydrogens is 255 g/mol. The number of alkyl halides is 3. The maximum absolute atomic E-state index is 12.3. The molecule has 0 saturated heterocycles. The number of hydrogen-bond donors (Lipinski definition) is 1. The zero-order valence-electron chi connectivity index (χ0n) is 9.00. The van der Waals surface area contributed by atoms with Gasteiger partial charge >= 0.3 is 6.18 Å². The van der Waals surface area contributed by atoms with Crippen LogP contribution in [0.25, 0.3) is 0 Å². The van der Waals surface area contributed by atoms with E-state index in [-0.39, 0.29) is 11.1 Å². The normalized spacial score (nSPS) is 14.8. The Labute approximate surface area is 102 Å². The van der Waals surface area contributed by atoms with Crippen molar-refractivity contribution in [2.24, 2.45) is 5.16 Å². The van der Waals surface area contributed by atoms with Crippen LogP contribution in [0.1, 0.15) is 30.4 Å². The average Bonchev–Trinajstić information content (AvgIpc) is 2.29. The lowest BCUT2D eigenvalue weighted by atomic mass is 9.96. The van der Waals surface area contributed by atoms with Crippen LogP contribution in [0.5, 0.6) is 0 Å². The van der Waals surface area contributed by atoms with Crippen LogP contribution in [0.4, 0.5) is 13.2 Å². The van der Waals surface area contributed by atoms with Crippen molar-refractivity contribution in [2.75, 3.05) is 0 Å². The second-order valence-electron chi connectivity index (χ2n) is 3.50. The van der Waals surface area contributed by atoms with Gasteiger partial charge in [-0.25, -0.2) is 0 Å². The van der Waals surface area contributed by atoms with Crippen LogP contribution >= 0.6 is 11.6 Å². The van der Waals surface area contributed by atoms with Gasteiger partial charge in [0.2, 0.25) is 0 Å². The van der Waals surface area contributed by atoms with Crippen LogP contribution in [-0.4, -0.2) is 10.4 Å².